The fraction of sp³-hybridized carbons (Fsp3) is 0.348. The number of aromatic nitrogens is 2. The van der Waals surface area contributed by atoms with Gasteiger partial charge in [0.25, 0.3) is 5.91 Å². The smallest absolute Gasteiger partial charge is 0.253 e. The monoisotopic (exact) mass is 470 g/mol. The quantitative estimate of drug-likeness (QED) is 0.551. The summed E-state index contributed by atoms with van der Waals surface area (Å²) in [5.74, 6) is 0.0839. The van der Waals surface area contributed by atoms with Gasteiger partial charge in [0.1, 0.15) is 10.0 Å². The summed E-state index contributed by atoms with van der Waals surface area (Å²) in [4.78, 5) is 15.1. The Kier molecular flexibility index (Phi) is 6.68. The number of hydrogen-bond acceptors (Lipinski definition) is 6. The number of carbonyl (C=O) groups is 1. The highest BCUT2D eigenvalue weighted by Gasteiger charge is 2.28. The van der Waals surface area contributed by atoms with Crippen LogP contribution < -0.4 is 0 Å². The first-order valence-corrected chi connectivity index (χ1v) is 12.8. The molecular formula is C23H26N4O3S2. The van der Waals surface area contributed by atoms with Gasteiger partial charge in [-0.15, -0.1) is 21.5 Å². The summed E-state index contributed by atoms with van der Waals surface area (Å²) >= 11 is 1.62. The third-order valence-electron chi connectivity index (χ3n) is 5.62. The molecule has 9 heteroatoms. The van der Waals surface area contributed by atoms with Crippen molar-refractivity contribution in [2.75, 3.05) is 27.2 Å². The van der Waals surface area contributed by atoms with E-state index in [1.54, 1.807) is 23.5 Å². The van der Waals surface area contributed by atoms with Crippen molar-refractivity contribution in [1.29, 1.82) is 0 Å². The predicted octanol–water partition coefficient (Wildman–Crippen LogP) is 3.40. The minimum absolute atomic E-state index is 0.0856. The Morgan fingerprint density at radius 3 is 2.50 bits per heavy atom. The molecule has 1 aliphatic rings. The van der Waals surface area contributed by atoms with Crippen molar-refractivity contribution in [2.45, 2.75) is 30.1 Å². The number of piperidine rings is 1. The zero-order valence-corrected chi connectivity index (χ0v) is 19.8. The molecule has 2 aromatic carbocycles. The van der Waals surface area contributed by atoms with E-state index in [2.05, 4.69) is 22.3 Å². The number of amides is 1. The van der Waals surface area contributed by atoms with Crippen LogP contribution in [0.3, 0.4) is 0 Å². The summed E-state index contributed by atoms with van der Waals surface area (Å²) in [7, 11) is -0.541. The van der Waals surface area contributed by atoms with Crippen LogP contribution in [0.15, 0.2) is 59.5 Å². The van der Waals surface area contributed by atoms with Gasteiger partial charge in [-0.05, 0) is 42.7 Å². The highest BCUT2D eigenvalue weighted by atomic mass is 32.2. The number of benzene rings is 2. The van der Waals surface area contributed by atoms with Crippen molar-refractivity contribution in [2.24, 2.45) is 0 Å². The molecule has 0 N–H and O–H groups in total. The molecule has 3 aromatic rings. The van der Waals surface area contributed by atoms with Gasteiger partial charge >= 0.3 is 0 Å². The number of rotatable bonds is 6. The third-order valence-corrected chi connectivity index (χ3v) is 8.53. The molecule has 0 aliphatic carbocycles. The number of carbonyl (C=O) groups excluding carboxylic acids is 1. The van der Waals surface area contributed by atoms with Crippen molar-refractivity contribution < 1.29 is 13.2 Å². The lowest BCUT2D eigenvalue weighted by Crippen LogP contribution is -2.39. The summed E-state index contributed by atoms with van der Waals surface area (Å²) < 4.78 is 25.7. The number of nitrogens with zero attached hydrogens (tertiary/aromatic N) is 4. The fourth-order valence-corrected chi connectivity index (χ4v) is 5.70. The maximum atomic E-state index is 13.1. The molecule has 1 fully saturated rings. The molecular weight excluding hydrogens is 444 g/mol. The van der Waals surface area contributed by atoms with Gasteiger partial charge in [-0.25, -0.2) is 12.7 Å². The Morgan fingerprint density at radius 1 is 1.09 bits per heavy atom. The van der Waals surface area contributed by atoms with Crippen LogP contribution in [0.25, 0.3) is 0 Å². The molecule has 1 saturated heterocycles. The standard InChI is InChI=1S/C23H26N4O3S2/c1-26(2)32(29,30)20-12-10-18(11-13-20)23(28)27-14-6-9-19(16-27)22-25-24-21(31-22)15-17-7-4-3-5-8-17/h3-5,7-8,10-13,19H,6,9,14-16H2,1-2H3. The summed E-state index contributed by atoms with van der Waals surface area (Å²) in [6.45, 7) is 1.28. The normalized spacial score (nSPS) is 17.0. The largest absolute Gasteiger partial charge is 0.338 e. The first-order chi connectivity index (χ1) is 15.3. The topological polar surface area (TPSA) is 83.5 Å². The minimum atomic E-state index is -3.51. The Bertz CT molecular complexity index is 1180. The van der Waals surface area contributed by atoms with E-state index in [0.29, 0.717) is 18.7 Å². The van der Waals surface area contributed by atoms with E-state index in [4.69, 9.17) is 0 Å². The summed E-state index contributed by atoms with van der Waals surface area (Å²) in [6, 6.07) is 16.4. The van der Waals surface area contributed by atoms with Gasteiger partial charge in [0.05, 0.1) is 4.90 Å². The molecule has 0 saturated carbocycles. The lowest BCUT2D eigenvalue weighted by atomic mass is 9.98. The van der Waals surface area contributed by atoms with Gasteiger partial charge < -0.3 is 4.90 Å². The summed E-state index contributed by atoms with van der Waals surface area (Å²) in [5.41, 5.74) is 1.70. The van der Waals surface area contributed by atoms with E-state index < -0.39 is 10.0 Å². The van der Waals surface area contributed by atoms with Crippen LogP contribution in [-0.2, 0) is 16.4 Å². The molecule has 1 atom stereocenters. The van der Waals surface area contributed by atoms with Gasteiger partial charge in [-0.3, -0.25) is 4.79 Å². The fourth-order valence-electron chi connectivity index (χ4n) is 3.80. The van der Waals surface area contributed by atoms with E-state index >= 15 is 0 Å². The average molecular weight is 471 g/mol. The summed E-state index contributed by atoms with van der Waals surface area (Å²) in [5, 5.41) is 10.7. The SMILES string of the molecule is CN(C)S(=O)(=O)c1ccc(C(=O)N2CCCC(c3nnc(Cc4ccccc4)s3)C2)cc1. The van der Waals surface area contributed by atoms with Crippen molar-refractivity contribution in [1.82, 2.24) is 19.4 Å². The van der Waals surface area contributed by atoms with E-state index in [1.165, 1.54) is 31.8 Å². The predicted molar refractivity (Wildman–Crippen MR) is 124 cm³/mol. The van der Waals surface area contributed by atoms with Gasteiger partial charge in [0.2, 0.25) is 10.0 Å². The molecule has 0 spiro atoms. The molecule has 1 amide bonds. The molecule has 168 valence electrons. The number of sulfonamides is 1. The Balaban J connectivity index is 1.43. The second-order valence-electron chi connectivity index (χ2n) is 8.10. The number of likely N-dealkylation sites (tertiary alicyclic amines) is 1. The molecule has 1 aliphatic heterocycles. The van der Waals surface area contributed by atoms with Crippen LogP contribution >= 0.6 is 11.3 Å². The lowest BCUT2D eigenvalue weighted by Gasteiger charge is -2.31. The zero-order chi connectivity index (χ0) is 22.7. The van der Waals surface area contributed by atoms with Gasteiger partial charge in [0, 0.05) is 45.1 Å². The number of hydrogen-bond donors (Lipinski definition) is 0. The molecule has 1 unspecified atom stereocenters. The van der Waals surface area contributed by atoms with Crippen LogP contribution in [0, 0.1) is 0 Å². The van der Waals surface area contributed by atoms with E-state index in [-0.39, 0.29) is 16.7 Å². The first kappa shape index (κ1) is 22.6. The highest BCUT2D eigenvalue weighted by molar-refractivity contribution is 7.89. The van der Waals surface area contributed by atoms with Crippen LogP contribution in [-0.4, -0.2) is 60.9 Å². The van der Waals surface area contributed by atoms with E-state index in [9.17, 15) is 13.2 Å². The molecule has 1 aromatic heterocycles. The third kappa shape index (κ3) is 4.90. The Hall–Kier alpha value is -2.62. The maximum absolute atomic E-state index is 13.1. The van der Waals surface area contributed by atoms with Crippen molar-refractivity contribution in [3.05, 3.63) is 75.7 Å². The van der Waals surface area contributed by atoms with Crippen molar-refractivity contribution in [3.63, 3.8) is 0 Å². The van der Waals surface area contributed by atoms with Crippen molar-refractivity contribution in [3.8, 4) is 0 Å². The summed E-state index contributed by atoms with van der Waals surface area (Å²) in [6.07, 6.45) is 2.64. The second kappa shape index (κ2) is 9.48. The Labute approximate surface area is 192 Å². The van der Waals surface area contributed by atoms with Crippen molar-refractivity contribution >= 4 is 27.3 Å². The maximum Gasteiger partial charge on any atom is 0.253 e. The van der Waals surface area contributed by atoms with Crippen LogP contribution in [0.2, 0.25) is 0 Å². The molecule has 4 rings (SSSR count). The van der Waals surface area contributed by atoms with Crippen LogP contribution in [0.4, 0.5) is 0 Å². The van der Waals surface area contributed by atoms with Gasteiger partial charge in [-0.1, -0.05) is 30.3 Å². The van der Waals surface area contributed by atoms with E-state index in [0.717, 1.165) is 33.6 Å². The lowest BCUT2D eigenvalue weighted by molar-refractivity contribution is 0.0706. The molecule has 32 heavy (non-hydrogen) atoms. The van der Waals surface area contributed by atoms with Gasteiger partial charge in [-0.2, -0.15) is 0 Å². The second-order valence-corrected chi connectivity index (χ2v) is 11.3. The minimum Gasteiger partial charge on any atom is -0.338 e. The Morgan fingerprint density at radius 2 is 1.81 bits per heavy atom. The van der Waals surface area contributed by atoms with Crippen LogP contribution in [0.1, 0.15) is 44.7 Å². The average Bonchev–Trinajstić information content (AvgIpc) is 3.28. The molecule has 0 radical (unpaired) electrons. The molecule has 0 bridgehead atoms. The molecule has 2 heterocycles. The molecule has 7 nitrogen and oxygen atoms in total. The van der Waals surface area contributed by atoms with E-state index in [1.807, 2.05) is 23.1 Å². The van der Waals surface area contributed by atoms with Crippen LogP contribution in [0.5, 0.6) is 0 Å². The highest BCUT2D eigenvalue weighted by Crippen LogP contribution is 2.30. The zero-order valence-electron chi connectivity index (χ0n) is 18.1. The first-order valence-electron chi connectivity index (χ1n) is 10.5. The van der Waals surface area contributed by atoms with Gasteiger partial charge in [0.15, 0.2) is 0 Å².